The van der Waals surface area contributed by atoms with Gasteiger partial charge in [-0.15, -0.1) is 0 Å². The van der Waals surface area contributed by atoms with E-state index in [-0.39, 0.29) is 0 Å². The van der Waals surface area contributed by atoms with E-state index in [1.54, 1.807) is 0 Å². The summed E-state index contributed by atoms with van der Waals surface area (Å²) in [4.78, 5) is 2.72. The van der Waals surface area contributed by atoms with E-state index in [2.05, 4.69) is 24.1 Å². The van der Waals surface area contributed by atoms with Crippen molar-refractivity contribution in [3.8, 4) is 0 Å². The average Bonchev–Trinajstić information content (AvgIpc) is 2.91. The summed E-state index contributed by atoms with van der Waals surface area (Å²) in [6.07, 6.45) is 7.01. The van der Waals surface area contributed by atoms with Gasteiger partial charge in [0.1, 0.15) is 0 Å². The van der Waals surface area contributed by atoms with Gasteiger partial charge in [0.25, 0.3) is 0 Å². The largest absolute Gasteiger partial charge is 0.313 e. The third-order valence-electron chi connectivity index (χ3n) is 4.02. The van der Waals surface area contributed by atoms with Gasteiger partial charge in [-0.1, -0.05) is 6.92 Å². The van der Waals surface area contributed by atoms with Crippen LogP contribution in [0.5, 0.6) is 0 Å². The molecule has 2 rings (SSSR count). The standard InChI is InChI=1S/C13H26N2/c1-3-11(2)15(9-12-6-7-12)10-13-5-4-8-14-13/h11-14H,3-10H2,1-2H3. The Labute approximate surface area is 94.4 Å². The minimum atomic E-state index is 0.771. The Bertz CT molecular complexity index is 183. The van der Waals surface area contributed by atoms with Crippen LogP contribution in [0.3, 0.4) is 0 Å². The second-order valence-electron chi connectivity index (χ2n) is 5.45. The number of nitrogens with zero attached hydrogens (tertiary/aromatic N) is 1. The molecule has 0 aromatic carbocycles. The van der Waals surface area contributed by atoms with Crippen LogP contribution in [-0.2, 0) is 0 Å². The third kappa shape index (κ3) is 3.46. The van der Waals surface area contributed by atoms with Crippen molar-refractivity contribution in [2.75, 3.05) is 19.6 Å². The van der Waals surface area contributed by atoms with E-state index in [9.17, 15) is 0 Å². The molecule has 0 aromatic heterocycles. The van der Waals surface area contributed by atoms with Crippen LogP contribution in [0.15, 0.2) is 0 Å². The first kappa shape index (κ1) is 11.4. The Hall–Kier alpha value is -0.0800. The minimum absolute atomic E-state index is 0.771. The van der Waals surface area contributed by atoms with E-state index in [4.69, 9.17) is 0 Å². The average molecular weight is 210 g/mol. The third-order valence-corrected chi connectivity index (χ3v) is 4.02. The summed E-state index contributed by atoms with van der Waals surface area (Å²) in [5.41, 5.74) is 0. The molecule has 0 amide bonds. The highest BCUT2D eigenvalue weighted by Crippen LogP contribution is 2.30. The van der Waals surface area contributed by atoms with Gasteiger partial charge in [0.2, 0.25) is 0 Å². The molecular weight excluding hydrogens is 184 g/mol. The summed E-state index contributed by atoms with van der Waals surface area (Å²) < 4.78 is 0. The van der Waals surface area contributed by atoms with Crippen LogP contribution in [-0.4, -0.2) is 36.6 Å². The second kappa shape index (κ2) is 5.31. The van der Waals surface area contributed by atoms with E-state index in [0.29, 0.717) is 0 Å². The Balaban J connectivity index is 1.79. The summed E-state index contributed by atoms with van der Waals surface area (Å²) in [5.74, 6) is 1.03. The van der Waals surface area contributed by atoms with Crippen LogP contribution in [0.25, 0.3) is 0 Å². The van der Waals surface area contributed by atoms with E-state index >= 15 is 0 Å². The summed E-state index contributed by atoms with van der Waals surface area (Å²) >= 11 is 0. The van der Waals surface area contributed by atoms with Crippen LogP contribution in [0.2, 0.25) is 0 Å². The van der Waals surface area contributed by atoms with Crippen LogP contribution in [0, 0.1) is 5.92 Å². The molecule has 88 valence electrons. The minimum Gasteiger partial charge on any atom is -0.313 e. The van der Waals surface area contributed by atoms with Crippen LogP contribution < -0.4 is 5.32 Å². The molecule has 2 aliphatic rings. The van der Waals surface area contributed by atoms with Crippen molar-refractivity contribution < 1.29 is 0 Å². The summed E-state index contributed by atoms with van der Waals surface area (Å²) in [5, 5.41) is 3.62. The lowest BCUT2D eigenvalue weighted by Gasteiger charge is -2.31. The molecule has 1 saturated heterocycles. The molecule has 1 aliphatic heterocycles. The highest BCUT2D eigenvalue weighted by molar-refractivity contribution is 4.84. The molecule has 0 radical (unpaired) electrons. The van der Waals surface area contributed by atoms with Gasteiger partial charge in [0.15, 0.2) is 0 Å². The highest BCUT2D eigenvalue weighted by atomic mass is 15.2. The highest BCUT2D eigenvalue weighted by Gasteiger charge is 2.28. The predicted molar refractivity (Wildman–Crippen MR) is 65.1 cm³/mol. The fourth-order valence-electron chi connectivity index (χ4n) is 2.52. The molecule has 1 N–H and O–H groups in total. The molecule has 1 aliphatic carbocycles. The monoisotopic (exact) mass is 210 g/mol. The van der Waals surface area contributed by atoms with Gasteiger partial charge >= 0.3 is 0 Å². The van der Waals surface area contributed by atoms with E-state index < -0.39 is 0 Å². The SMILES string of the molecule is CCC(C)N(CC1CC1)CC1CCCN1. The summed E-state index contributed by atoms with van der Waals surface area (Å²) in [6.45, 7) is 8.57. The van der Waals surface area contributed by atoms with Crippen molar-refractivity contribution in [3.63, 3.8) is 0 Å². The predicted octanol–water partition coefficient (Wildman–Crippen LogP) is 2.25. The van der Waals surface area contributed by atoms with Crippen molar-refractivity contribution >= 4 is 0 Å². The zero-order valence-electron chi connectivity index (χ0n) is 10.3. The molecule has 0 spiro atoms. The molecule has 1 heterocycles. The maximum absolute atomic E-state index is 3.62. The van der Waals surface area contributed by atoms with Gasteiger partial charge in [-0.05, 0) is 51.5 Å². The van der Waals surface area contributed by atoms with E-state index in [1.165, 1.54) is 51.7 Å². The Morgan fingerprint density at radius 1 is 1.27 bits per heavy atom. The van der Waals surface area contributed by atoms with Gasteiger partial charge in [-0.3, -0.25) is 4.90 Å². The van der Waals surface area contributed by atoms with Gasteiger partial charge in [0, 0.05) is 25.2 Å². The zero-order chi connectivity index (χ0) is 10.7. The lowest BCUT2D eigenvalue weighted by Crippen LogP contribution is -2.43. The number of rotatable bonds is 6. The van der Waals surface area contributed by atoms with Crippen molar-refractivity contribution in [3.05, 3.63) is 0 Å². The molecular formula is C13H26N2. The first-order valence-corrected chi connectivity index (χ1v) is 6.77. The topological polar surface area (TPSA) is 15.3 Å². The molecule has 2 unspecified atom stereocenters. The molecule has 1 saturated carbocycles. The summed E-state index contributed by atoms with van der Waals surface area (Å²) in [6, 6.07) is 1.55. The van der Waals surface area contributed by atoms with E-state index in [1.807, 2.05) is 0 Å². The van der Waals surface area contributed by atoms with Gasteiger partial charge in [-0.25, -0.2) is 0 Å². The molecule has 0 aromatic rings. The maximum atomic E-state index is 3.62. The van der Waals surface area contributed by atoms with Gasteiger partial charge < -0.3 is 5.32 Å². The van der Waals surface area contributed by atoms with Crippen molar-refractivity contribution in [2.45, 2.75) is 58.0 Å². The van der Waals surface area contributed by atoms with Gasteiger partial charge in [-0.2, -0.15) is 0 Å². The Morgan fingerprint density at radius 2 is 2.07 bits per heavy atom. The van der Waals surface area contributed by atoms with Crippen LogP contribution >= 0.6 is 0 Å². The Kier molecular flexibility index (Phi) is 4.04. The smallest absolute Gasteiger partial charge is 0.0195 e. The normalized spacial score (nSPS) is 28.6. The lowest BCUT2D eigenvalue weighted by atomic mass is 10.1. The van der Waals surface area contributed by atoms with Gasteiger partial charge in [0.05, 0.1) is 0 Å². The fraction of sp³-hybridized carbons (Fsp3) is 1.00. The van der Waals surface area contributed by atoms with E-state index in [0.717, 1.165) is 18.0 Å². The Morgan fingerprint density at radius 3 is 2.60 bits per heavy atom. The molecule has 2 heteroatoms. The van der Waals surface area contributed by atoms with Crippen LogP contribution in [0.4, 0.5) is 0 Å². The molecule has 15 heavy (non-hydrogen) atoms. The second-order valence-corrected chi connectivity index (χ2v) is 5.45. The fourth-order valence-corrected chi connectivity index (χ4v) is 2.52. The number of hydrogen-bond donors (Lipinski definition) is 1. The maximum Gasteiger partial charge on any atom is 0.0195 e. The number of hydrogen-bond acceptors (Lipinski definition) is 2. The molecule has 2 atom stereocenters. The first-order chi connectivity index (χ1) is 7.29. The molecule has 0 bridgehead atoms. The molecule has 2 fully saturated rings. The van der Waals surface area contributed by atoms with Crippen molar-refractivity contribution in [2.24, 2.45) is 5.92 Å². The summed E-state index contributed by atoms with van der Waals surface area (Å²) in [7, 11) is 0. The van der Waals surface area contributed by atoms with Crippen molar-refractivity contribution in [1.82, 2.24) is 10.2 Å². The first-order valence-electron chi connectivity index (χ1n) is 6.77. The van der Waals surface area contributed by atoms with Crippen molar-refractivity contribution in [1.29, 1.82) is 0 Å². The zero-order valence-corrected chi connectivity index (χ0v) is 10.3. The van der Waals surface area contributed by atoms with Crippen LogP contribution in [0.1, 0.15) is 46.0 Å². The quantitative estimate of drug-likeness (QED) is 0.723. The number of nitrogens with one attached hydrogen (secondary N) is 1. The lowest BCUT2D eigenvalue weighted by molar-refractivity contribution is 0.179. The molecule has 2 nitrogen and oxygen atoms in total.